The molecule has 0 N–H and O–H groups in total. The van der Waals surface area contributed by atoms with Crippen LogP contribution >= 0.6 is 0 Å². The van der Waals surface area contributed by atoms with E-state index in [4.69, 9.17) is 9.47 Å². The van der Waals surface area contributed by atoms with E-state index in [1.807, 2.05) is 24.3 Å². The molecule has 0 radical (unpaired) electrons. The maximum Gasteiger partial charge on any atom is 0.333 e. The summed E-state index contributed by atoms with van der Waals surface area (Å²) in [5, 5.41) is 0. The summed E-state index contributed by atoms with van der Waals surface area (Å²) >= 11 is 0. The lowest BCUT2D eigenvalue weighted by Gasteiger charge is -2.10. The van der Waals surface area contributed by atoms with Crippen LogP contribution in [0.1, 0.15) is 32.3 Å². The van der Waals surface area contributed by atoms with Gasteiger partial charge in [-0.3, -0.25) is 0 Å². The van der Waals surface area contributed by atoms with Gasteiger partial charge in [0.2, 0.25) is 0 Å². The lowest BCUT2D eigenvalue weighted by Crippen LogP contribution is -2.00. The van der Waals surface area contributed by atoms with Crippen molar-refractivity contribution in [3.63, 3.8) is 0 Å². The highest BCUT2D eigenvalue weighted by Crippen LogP contribution is 2.25. The second kappa shape index (κ2) is 6.74. The second-order valence-electron chi connectivity index (χ2n) is 3.87. The van der Waals surface area contributed by atoms with E-state index in [2.05, 4.69) is 13.8 Å². The molecule has 0 amide bonds. The van der Waals surface area contributed by atoms with Gasteiger partial charge in [-0.05, 0) is 24.5 Å². The highest BCUT2D eigenvalue weighted by molar-refractivity contribution is 5.81. The van der Waals surface area contributed by atoms with Crippen molar-refractivity contribution in [2.75, 3.05) is 6.61 Å². The Kier molecular flexibility index (Phi) is 5.27. The Morgan fingerprint density at radius 3 is 2.71 bits per heavy atom. The lowest BCUT2D eigenvalue weighted by atomic mass is 10.0. The highest BCUT2D eigenvalue weighted by atomic mass is 16.5. The standard InChI is InChI=1S/C14H18O3/c1-4-16-14(15)9-10-17-13-8-6-5-7-12(13)11(2)3/h5-11H,4H2,1-3H3/b10-9+. The molecule has 3 nitrogen and oxygen atoms in total. The first-order valence-electron chi connectivity index (χ1n) is 5.74. The number of para-hydroxylation sites is 1. The lowest BCUT2D eigenvalue weighted by molar-refractivity contribution is -0.137. The number of carbonyl (C=O) groups excluding carboxylic acids is 1. The zero-order chi connectivity index (χ0) is 12.7. The summed E-state index contributed by atoms with van der Waals surface area (Å²) < 4.78 is 10.2. The minimum atomic E-state index is -0.394. The molecule has 1 aromatic carbocycles. The van der Waals surface area contributed by atoms with Crippen molar-refractivity contribution in [3.8, 4) is 5.75 Å². The zero-order valence-corrected chi connectivity index (χ0v) is 10.5. The van der Waals surface area contributed by atoms with E-state index in [-0.39, 0.29) is 0 Å². The Hall–Kier alpha value is -1.77. The minimum Gasteiger partial charge on any atom is -0.464 e. The van der Waals surface area contributed by atoms with Crippen LogP contribution in [0.25, 0.3) is 0 Å². The number of hydrogen-bond acceptors (Lipinski definition) is 3. The van der Waals surface area contributed by atoms with E-state index >= 15 is 0 Å². The van der Waals surface area contributed by atoms with Crippen LogP contribution < -0.4 is 4.74 Å². The summed E-state index contributed by atoms with van der Waals surface area (Å²) in [6.45, 7) is 6.32. The molecule has 0 unspecified atom stereocenters. The van der Waals surface area contributed by atoms with Gasteiger partial charge in [0, 0.05) is 0 Å². The average Bonchev–Trinajstić information content (AvgIpc) is 2.30. The van der Waals surface area contributed by atoms with Gasteiger partial charge in [-0.25, -0.2) is 4.79 Å². The summed E-state index contributed by atoms with van der Waals surface area (Å²) in [6, 6.07) is 7.76. The van der Waals surface area contributed by atoms with Gasteiger partial charge in [-0.1, -0.05) is 32.0 Å². The van der Waals surface area contributed by atoms with Gasteiger partial charge in [-0.2, -0.15) is 0 Å². The monoisotopic (exact) mass is 234 g/mol. The normalized spacial score (nSPS) is 10.8. The molecule has 0 aliphatic carbocycles. The molecule has 0 saturated carbocycles. The van der Waals surface area contributed by atoms with Crippen LogP contribution in [-0.4, -0.2) is 12.6 Å². The number of ether oxygens (including phenoxy) is 2. The van der Waals surface area contributed by atoms with Crippen molar-refractivity contribution >= 4 is 5.97 Å². The SMILES string of the molecule is CCOC(=O)/C=C/Oc1ccccc1C(C)C. The van der Waals surface area contributed by atoms with Crippen molar-refractivity contribution < 1.29 is 14.3 Å². The van der Waals surface area contributed by atoms with Crippen molar-refractivity contribution in [3.05, 3.63) is 42.2 Å². The third-order valence-corrected chi connectivity index (χ3v) is 2.23. The van der Waals surface area contributed by atoms with E-state index in [0.717, 1.165) is 11.3 Å². The highest BCUT2D eigenvalue weighted by Gasteiger charge is 2.05. The topological polar surface area (TPSA) is 35.5 Å². The Labute approximate surface area is 102 Å². The Morgan fingerprint density at radius 2 is 2.06 bits per heavy atom. The van der Waals surface area contributed by atoms with Gasteiger partial charge in [-0.15, -0.1) is 0 Å². The molecule has 0 aromatic heterocycles. The van der Waals surface area contributed by atoms with E-state index in [9.17, 15) is 4.79 Å². The summed E-state index contributed by atoms with van der Waals surface area (Å²) in [5.41, 5.74) is 1.11. The summed E-state index contributed by atoms with van der Waals surface area (Å²) in [4.78, 5) is 11.1. The van der Waals surface area contributed by atoms with E-state index in [1.165, 1.54) is 12.3 Å². The molecule has 0 atom stereocenters. The summed E-state index contributed by atoms with van der Waals surface area (Å²) in [5.74, 6) is 0.750. The molecule has 92 valence electrons. The van der Waals surface area contributed by atoms with E-state index in [0.29, 0.717) is 12.5 Å². The maximum atomic E-state index is 11.1. The van der Waals surface area contributed by atoms with Crippen LogP contribution in [-0.2, 0) is 9.53 Å². The summed E-state index contributed by atoms with van der Waals surface area (Å²) in [7, 11) is 0. The predicted octanol–water partition coefficient (Wildman–Crippen LogP) is 3.27. The number of benzene rings is 1. The van der Waals surface area contributed by atoms with Crippen LogP contribution in [0.4, 0.5) is 0 Å². The molecule has 0 saturated heterocycles. The fraction of sp³-hybridized carbons (Fsp3) is 0.357. The van der Waals surface area contributed by atoms with Gasteiger partial charge in [0.15, 0.2) is 0 Å². The van der Waals surface area contributed by atoms with Crippen LogP contribution in [0, 0.1) is 0 Å². The maximum absolute atomic E-state index is 11.1. The molecular weight excluding hydrogens is 216 g/mol. The smallest absolute Gasteiger partial charge is 0.333 e. The van der Waals surface area contributed by atoms with Gasteiger partial charge in [0.05, 0.1) is 18.9 Å². The first kappa shape index (κ1) is 13.3. The second-order valence-corrected chi connectivity index (χ2v) is 3.87. The third-order valence-electron chi connectivity index (χ3n) is 2.23. The van der Waals surface area contributed by atoms with Crippen LogP contribution in [0.2, 0.25) is 0 Å². The van der Waals surface area contributed by atoms with Gasteiger partial charge < -0.3 is 9.47 Å². The Bertz CT molecular complexity index is 394. The van der Waals surface area contributed by atoms with Crippen molar-refractivity contribution in [2.24, 2.45) is 0 Å². The van der Waals surface area contributed by atoms with Gasteiger partial charge in [0.25, 0.3) is 0 Å². The van der Waals surface area contributed by atoms with Crippen molar-refractivity contribution in [2.45, 2.75) is 26.7 Å². The molecule has 0 fully saturated rings. The summed E-state index contributed by atoms with van der Waals surface area (Å²) in [6.07, 6.45) is 2.64. The number of carbonyl (C=O) groups is 1. The first-order chi connectivity index (χ1) is 8.15. The zero-order valence-electron chi connectivity index (χ0n) is 10.5. The van der Waals surface area contributed by atoms with Crippen LogP contribution in [0.5, 0.6) is 5.75 Å². The number of hydrogen-bond donors (Lipinski definition) is 0. The van der Waals surface area contributed by atoms with E-state index < -0.39 is 5.97 Å². The molecule has 0 aliphatic rings. The molecule has 0 bridgehead atoms. The fourth-order valence-corrected chi connectivity index (χ4v) is 1.42. The van der Waals surface area contributed by atoms with Crippen LogP contribution in [0.3, 0.4) is 0 Å². The van der Waals surface area contributed by atoms with Crippen LogP contribution in [0.15, 0.2) is 36.6 Å². The fourth-order valence-electron chi connectivity index (χ4n) is 1.42. The van der Waals surface area contributed by atoms with Gasteiger partial charge >= 0.3 is 5.97 Å². The first-order valence-corrected chi connectivity index (χ1v) is 5.74. The Balaban J connectivity index is 2.66. The number of esters is 1. The molecule has 17 heavy (non-hydrogen) atoms. The molecule has 3 heteroatoms. The predicted molar refractivity (Wildman–Crippen MR) is 66.9 cm³/mol. The third kappa shape index (κ3) is 4.31. The van der Waals surface area contributed by atoms with Crippen molar-refractivity contribution in [1.82, 2.24) is 0 Å². The molecule has 0 aliphatic heterocycles. The quantitative estimate of drug-likeness (QED) is 0.445. The largest absolute Gasteiger partial charge is 0.464 e. The average molecular weight is 234 g/mol. The molecule has 0 heterocycles. The molecular formula is C14H18O3. The number of rotatable bonds is 5. The van der Waals surface area contributed by atoms with Gasteiger partial charge in [0.1, 0.15) is 5.75 Å². The molecule has 1 rings (SSSR count). The minimum absolute atomic E-state index is 0.367. The van der Waals surface area contributed by atoms with E-state index in [1.54, 1.807) is 6.92 Å². The molecule has 0 spiro atoms. The van der Waals surface area contributed by atoms with Crippen molar-refractivity contribution in [1.29, 1.82) is 0 Å². The Morgan fingerprint density at radius 1 is 1.35 bits per heavy atom. The molecule has 1 aromatic rings.